The molecule has 5 heteroatoms. The molecule has 5 nitrogen and oxygen atoms in total. The van der Waals surface area contributed by atoms with E-state index in [1.165, 1.54) is 5.56 Å². The van der Waals surface area contributed by atoms with Crippen molar-refractivity contribution in [3.05, 3.63) is 59.7 Å². The Hall–Kier alpha value is -2.82. The standard InChI is InChI=1S/C24H30N2O3/c1-4-18-7-9-19(10-8-18)24(17(2)3)25-22(27)16-29-21-13-11-20(12-14-21)26-15-5-6-23(26)28/h7-14,17,24H,4-6,15-16H2,1-3H3,(H,25,27). The Morgan fingerprint density at radius 2 is 1.79 bits per heavy atom. The summed E-state index contributed by atoms with van der Waals surface area (Å²) in [6, 6.07) is 15.7. The average Bonchev–Trinajstić information content (AvgIpc) is 3.16. The SMILES string of the molecule is CCc1ccc(C(NC(=O)COc2ccc(N3CCCC3=O)cc2)C(C)C)cc1. The zero-order chi connectivity index (χ0) is 20.8. The van der Waals surface area contributed by atoms with Gasteiger partial charge in [0.25, 0.3) is 5.91 Å². The maximum Gasteiger partial charge on any atom is 0.258 e. The molecule has 0 bridgehead atoms. The van der Waals surface area contributed by atoms with Crippen molar-refractivity contribution in [3.63, 3.8) is 0 Å². The van der Waals surface area contributed by atoms with Crippen molar-refractivity contribution in [1.82, 2.24) is 5.32 Å². The fraction of sp³-hybridized carbons (Fsp3) is 0.417. The summed E-state index contributed by atoms with van der Waals surface area (Å²) in [6.07, 6.45) is 2.50. The number of amides is 2. The summed E-state index contributed by atoms with van der Waals surface area (Å²) >= 11 is 0. The molecular formula is C24H30N2O3. The number of carbonyl (C=O) groups is 2. The quantitative estimate of drug-likeness (QED) is 0.727. The number of hydrogen-bond donors (Lipinski definition) is 1. The minimum absolute atomic E-state index is 0.0434. The maximum atomic E-state index is 12.5. The Kier molecular flexibility index (Phi) is 6.91. The molecule has 2 amide bonds. The highest BCUT2D eigenvalue weighted by Crippen LogP contribution is 2.24. The Morgan fingerprint density at radius 3 is 2.34 bits per heavy atom. The van der Waals surface area contributed by atoms with Crippen LogP contribution in [0.4, 0.5) is 5.69 Å². The normalized spacial score (nSPS) is 14.9. The molecule has 1 fully saturated rings. The van der Waals surface area contributed by atoms with E-state index in [-0.39, 0.29) is 30.4 Å². The van der Waals surface area contributed by atoms with Crippen LogP contribution in [-0.4, -0.2) is 25.0 Å². The van der Waals surface area contributed by atoms with Gasteiger partial charge in [0, 0.05) is 18.7 Å². The van der Waals surface area contributed by atoms with Crippen LogP contribution in [0.1, 0.15) is 50.8 Å². The van der Waals surface area contributed by atoms with E-state index < -0.39 is 0 Å². The predicted octanol–water partition coefficient (Wildman–Crippen LogP) is 4.27. The van der Waals surface area contributed by atoms with Crippen molar-refractivity contribution in [2.45, 2.75) is 46.1 Å². The summed E-state index contributed by atoms with van der Waals surface area (Å²) in [5.74, 6) is 0.888. The van der Waals surface area contributed by atoms with E-state index in [9.17, 15) is 9.59 Å². The lowest BCUT2D eigenvalue weighted by Gasteiger charge is -2.23. The van der Waals surface area contributed by atoms with E-state index in [1.807, 2.05) is 12.1 Å². The van der Waals surface area contributed by atoms with Crippen molar-refractivity contribution in [1.29, 1.82) is 0 Å². The Morgan fingerprint density at radius 1 is 1.10 bits per heavy atom. The zero-order valence-electron chi connectivity index (χ0n) is 17.5. The van der Waals surface area contributed by atoms with Gasteiger partial charge in [0.15, 0.2) is 6.61 Å². The fourth-order valence-corrected chi connectivity index (χ4v) is 3.60. The van der Waals surface area contributed by atoms with Crippen LogP contribution >= 0.6 is 0 Å². The molecular weight excluding hydrogens is 364 g/mol. The van der Waals surface area contributed by atoms with Crippen LogP contribution < -0.4 is 15.0 Å². The number of nitrogens with zero attached hydrogens (tertiary/aromatic N) is 1. The lowest BCUT2D eigenvalue weighted by molar-refractivity contribution is -0.124. The highest BCUT2D eigenvalue weighted by molar-refractivity contribution is 5.95. The molecule has 1 aliphatic heterocycles. The number of ether oxygens (including phenoxy) is 1. The molecule has 0 radical (unpaired) electrons. The molecule has 2 aromatic rings. The van der Waals surface area contributed by atoms with Gasteiger partial charge in [-0.1, -0.05) is 45.0 Å². The molecule has 154 valence electrons. The number of rotatable bonds is 8. The van der Waals surface area contributed by atoms with Crippen LogP contribution in [0.5, 0.6) is 5.75 Å². The molecule has 1 saturated heterocycles. The van der Waals surface area contributed by atoms with Gasteiger partial charge in [0.1, 0.15) is 5.75 Å². The van der Waals surface area contributed by atoms with Gasteiger partial charge in [-0.15, -0.1) is 0 Å². The monoisotopic (exact) mass is 394 g/mol. The van der Waals surface area contributed by atoms with Crippen molar-refractivity contribution >= 4 is 17.5 Å². The first kappa shape index (κ1) is 20.9. The van der Waals surface area contributed by atoms with Gasteiger partial charge in [-0.2, -0.15) is 0 Å². The van der Waals surface area contributed by atoms with Crippen LogP contribution in [0, 0.1) is 5.92 Å². The first-order valence-electron chi connectivity index (χ1n) is 10.4. The van der Waals surface area contributed by atoms with E-state index in [0.717, 1.165) is 30.6 Å². The van der Waals surface area contributed by atoms with E-state index in [4.69, 9.17) is 4.74 Å². The van der Waals surface area contributed by atoms with Crippen LogP contribution in [0.2, 0.25) is 0 Å². The fourth-order valence-electron chi connectivity index (χ4n) is 3.60. The predicted molar refractivity (Wildman–Crippen MR) is 115 cm³/mol. The van der Waals surface area contributed by atoms with Gasteiger partial charge in [-0.3, -0.25) is 9.59 Å². The van der Waals surface area contributed by atoms with Gasteiger partial charge >= 0.3 is 0 Å². The van der Waals surface area contributed by atoms with Gasteiger partial charge in [-0.05, 0) is 54.2 Å². The third-order valence-electron chi connectivity index (χ3n) is 5.32. The molecule has 0 saturated carbocycles. The number of aryl methyl sites for hydroxylation is 1. The zero-order valence-corrected chi connectivity index (χ0v) is 17.5. The number of carbonyl (C=O) groups excluding carboxylic acids is 2. The molecule has 1 unspecified atom stereocenters. The molecule has 1 N–H and O–H groups in total. The van der Waals surface area contributed by atoms with E-state index in [0.29, 0.717) is 12.2 Å². The smallest absolute Gasteiger partial charge is 0.258 e. The second kappa shape index (κ2) is 9.59. The number of hydrogen-bond acceptors (Lipinski definition) is 3. The molecule has 1 aliphatic rings. The van der Waals surface area contributed by atoms with Gasteiger partial charge in [0.2, 0.25) is 5.91 Å². The third kappa shape index (κ3) is 5.37. The second-order valence-electron chi connectivity index (χ2n) is 7.82. The summed E-state index contributed by atoms with van der Waals surface area (Å²) < 4.78 is 5.65. The van der Waals surface area contributed by atoms with Gasteiger partial charge in [0.05, 0.1) is 6.04 Å². The van der Waals surface area contributed by atoms with E-state index in [1.54, 1.807) is 17.0 Å². The summed E-state index contributed by atoms with van der Waals surface area (Å²) in [7, 11) is 0. The van der Waals surface area contributed by atoms with Crippen molar-refractivity contribution in [2.75, 3.05) is 18.1 Å². The lowest BCUT2D eigenvalue weighted by Crippen LogP contribution is -2.35. The van der Waals surface area contributed by atoms with Crippen molar-refractivity contribution in [2.24, 2.45) is 5.92 Å². The van der Waals surface area contributed by atoms with Crippen LogP contribution in [-0.2, 0) is 16.0 Å². The van der Waals surface area contributed by atoms with Gasteiger partial charge < -0.3 is 15.0 Å². The van der Waals surface area contributed by atoms with Crippen molar-refractivity contribution in [3.8, 4) is 5.75 Å². The van der Waals surface area contributed by atoms with Crippen LogP contribution in [0.15, 0.2) is 48.5 Å². The molecule has 3 rings (SSSR count). The molecule has 0 aliphatic carbocycles. The van der Waals surface area contributed by atoms with Gasteiger partial charge in [-0.25, -0.2) is 0 Å². The minimum atomic E-state index is -0.151. The summed E-state index contributed by atoms with van der Waals surface area (Å²) in [5.41, 5.74) is 3.26. The Balaban J connectivity index is 1.55. The molecule has 1 heterocycles. The van der Waals surface area contributed by atoms with Crippen LogP contribution in [0.25, 0.3) is 0 Å². The Bertz CT molecular complexity index is 828. The highest BCUT2D eigenvalue weighted by atomic mass is 16.5. The largest absolute Gasteiger partial charge is 0.484 e. The Labute approximate surface area is 173 Å². The summed E-state index contributed by atoms with van der Waals surface area (Å²) in [5, 5.41) is 3.09. The van der Waals surface area contributed by atoms with Crippen LogP contribution in [0.3, 0.4) is 0 Å². The molecule has 0 spiro atoms. The molecule has 2 aromatic carbocycles. The highest BCUT2D eigenvalue weighted by Gasteiger charge is 2.22. The number of anilines is 1. The first-order chi connectivity index (χ1) is 14.0. The van der Waals surface area contributed by atoms with E-state index >= 15 is 0 Å². The number of nitrogens with one attached hydrogen (secondary N) is 1. The average molecular weight is 395 g/mol. The van der Waals surface area contributed by atoms with E-state index in [2.05, 4.69) is 50.4 Å². The molecule has 0 aromatic heterocycles. The summed E-state index contributed by atoms with van der Waals surface area (Å²) in [6.45, 7) is 7.04. The minimum Gasteiger partial charge on any atom is -0.484 e. The topological polar surface area (TPSA) is 58.6 Å². The summed E-state index contributed by atoms with van der Waals surface area (Å²) in [4.78, 5) is 26.1. The molecule has 29 heavy (non-hydrogen) atoms. The number of benzene rings is 2. The van der Waals surface area contributed by atoms with Crippen molar-refractivity contribution < 1.29 is 14.3 Å². The maximum absolute atomic E-state index is 12.5. The second-order valence-corrected chi connectivity index (χ2v) is 7.82. The first-order valence-corrected chi connectivity index (χ1v) is 10.4. The third-order valence-corrected chi connectivity index (χ3v) is 5.32. The lowest BCUT2D eigenvalue weighted by atomic mass is 9.95. The molecule has 1 atom stereocenters.